The van der Waals surface area contributed by atoms with Crippen molar-refractivity contribution in [2.45, 2.75) is 0 Å². The van der Waals surface area contributed by atoms with Crippen LogP contribution < -0.4 is 25.0 Å². The van der Waals surface area contributed by atoms with Crippen LogP contribution in [0.25, 0.3) is 6.08 Å². The number of hydrazone groups is 1. The third-order valence-electron chi connectivity index (χ3n) is 4.79. The molecule has 4 rings (SSSR count). The van der Waals surface area contributed by atoms with E-state index in [2.05, 4.69) is 31.8 Å². The van der Waals surface area contributed by atoms with Gasteiger partial charge in [-0.15, -0.1) is 0 Å². The van der Waals surface area contributed by atoms with Crippen LogP contribution in [-0.4, -0.2) is 31.9 Å². The first-order valence-electron chi connectivity index (χ1n) is 10.2. The smallest absolute Gasteiger partial charge is 0.287 e. The lowest BCUT2D eigenvalue weighted by Crippen LogP contribution is -2.32. The summed E-state index contributed by atoms with van der Waals surface area (Å²) in [6, 6.07) is 19.2. The maximum absolute atomic E-state index is 12.9. The largest absolute Gasteiger partial charge is 0.496 e. The van der Waals surface area contributed by atoms with Gasteiger partial charge in [0.15, 0.2) is 11.5 Å². The second-order valence-corrected chi connectivity index (χ2v) is 7.94. The van der Waals surface area contributed by atoms with Gasteiger partial charge in [-0.1, -0.05) is 24.3 Å². The molecule has 0 aromatic heterocycles. The van der Waals surface area contributed by atoms with Crippen LogP contribution in [0.1, 0.15) is 21.5 Å². The van der Waals surface area contributed by atoms with E-state index in [1.807, 2.05) is 0 Å². The second-order valence-electron chi connectivity index (χ2n) is 7.08. The molecule has 0 atom stereocenters. The molecule has 172 valence electrons. The third kappa shape index (κ3) is 5.62. The molecule has 0 fully saturated rings. The van der Waals surface area contributed by atoms with E-state index in [0.717, 1.165) is 10.0 Å². The number of fused-ring (bicyclic) bond motifs is 1. The summed E-state index contributed by atoms with van der Waals surface area (Å²) in [5.41, 5.74) is 4.27. The fourth-order valence-electron chi connectivity index (χ4n) is 3.10. The molecule has 1 aliphatic heterocycles. The van der Waals surface area contributed by atoms with Gasteiger partial charge in [0.05, 0.1) is 17.8 Å². The number of hydrogen-bond donors (Lipinski definition) is 2. The quantitative estimate of drug-likeness (QED) is 0.277. The first-order chi connectivity index (χ1) is 16.5. The molecule has 3 aromatic rings. The summed E-state index contributed by atoms with van der Waals surface area (Å²) in [4.78, 5) is 25.6. The molecule has 0 saturated carbocycles. The Balaban J connectivity index is 1.54. The van der Waals surface area contributed by atoms with Crippen molar-refractivity contribution in [2.24, 2.45) is 5.10 Å². The van der Waals surface area contributed by atoms with Gasteiger partial charge in [-0.25, -0.2) is 5.43 Å². The summed E-state index contributed by atoms with van der Waals surface area (Å²) in [6.45, 7) is 0.136. The maximum Gasteiger partial charge on any atom is 0.287 e. The van der Waals surface area contributed by atoms with Gasteiger partial charge >= 0.3 is 0 Å². The summed E-state index contributed by atoms with van der Waals surface area (Å²) < 4.78 is 16.7. The van der Waals surface area contributed by atoms with Gasteiger partial charge in [0.1, 0.15) is 11.4 Å². The minimum absolute atomic E-state index is 0.0146. The average Bonchev–Trinajstić information content (AvgIpc) is 3.32. The molecule has 34 heavy (non-hydrogen) atoms. The number of carbonyl (C=O) groups is 2. The lowest BCUT2D eigenvalue weighted by Gasteiger charge is -2.09. The third-order valence-corrected chi connectivity index (χ3v) is 5.41. The van der Waals surface area contributed by atoms with E-state index in [1.165, 1.54) is 12.3 Å². The second kappa shape index (κ2) is 10.7. The van der Waals surface area contributed by atoms with E-state index in [4.69, 9.17) is 14.2 Å². The Hall–Kier alpha value is -4.11. The highest BCUT2D eigenvalue weighted by molar-refractivity contribution is 9.10. The number of amides is 2. The van der Waals surface area contributed by atoms with Crippen molar-refractivity contribution in [3.8, 4) is 17.2 Å². The molecule has 1 aliphatic rings. The Kier molecular flexibility index (Phi) is 7.24. The summed E-state index contributed by atoms with van der Waals surface area (Å²) in [7, 11) is 1.58. The minimum Gasteiger partial charge on any atom is -0.496 e. The van der Waals surface area contributed by atoms with Crippen LogP contribution in [0, 0.1) is 0 Å². The average molecular weight is 522 g/mol. The van der Waals surface area contributed by atoms with E-state index in [9.17, 15) is 9.59 Å². The van der Waals surface area contributed by atoms with Crippen LogP contribution in [0.3, 0.4) is 0 Å². The zero-order chi connectivity index (χ0) is 23.9. The van der Waals surface area contributed by atoms with Crippen LogP contribution in [0.4, 0.5) is 0 Å². The number of ether oxygens (including phenoxy) is 3. The molecular formula is C25H20BrN3O5. The molecule has 0 aliphatic carbocycles. The van der Waals surface area contributed by atoms with Crippen LogP contribution in [0.2, 0.25) is 0 Å². The topological polar surface area (TPSA) is 98.2 Å². The van der Waals surface area contributed by atoms with Crippen molar-refractivity contribution in [1.29, 1.82) is 0 Å². The molecule has 0 saturated heterocycles. The number of halogens is 1. The van der Waals surface area contributed by atoms with Gasteiger partial charge in [0.25, 0.3) is 11.8 Å². The monoisotopic (exact) mass is 521 g/mol. The van der Waals surface area contributed by atoms with Crippen LogP contribution >= 0.6 is 15.9 Å². The van der Waals surface area contributed by atoms with Gasteiger partial charge in [-0.05, 0) is 75.6 Å². The molecule has 0 spiro atoms. The zero-order valence-electron chi connectivity index (χ0n) is 18.1. The first-order valence-corrected chi connectivity index (χ1v) is 11.0. The van der Waals surface area contributed by atoms with E-state index in [1.54, 1.807) is 73.8 Å². The van der Waals surface area contributed by atoms with Crippen molar-refractivity contribution in [3.63, 3.8) is 0 Å². The van der Waals surface area contributed by atoms with E-state index in [0.29, 0.717) is 28.4 Å². The number of nitrogens with zero attached hydrogens (tertiary/aromatic N) is 1. The first kappa shape index (κ1) is 23.1. The Morgan fingerprint density at radius 3 is 2.53 bits per heavy atom. The Bertz CT molecular complexity index is 1270. The van der Waals surface area contributed by atoms with Gasteiger partial charge in [0.2, 0.25) is 6.79 Å². The fourth-order valence-corrected chi connectivity index (χ4v) is 3.66. The number of benzene rings is 3. The molecule has 8 nitrogen and oxygen atoms in total. The van der Waals surface area contributed by atoms with Gasteiger partial charge in [-0.3, -0.25) is 9.59 Å². The van der Waals surface area contributed by atoms with Crippen molar-refractivity contribution in [3.05, 3.63) is 93.6 Å². The minimum atomic E-state index is -0.592. The molecular weight excluding hydrogens is 502 g/mol. The summed E-state index contributed by atoms with van der Waals surface area (Å²) in [5, 5.41) is 6.68. The maximum atomic E-state index is 12.9. The molecule has 0 unspecified atom stereocenters. The molecule has 0 bridgehead atoms. The number of carbonyl (C=O) groups excluding carboxylic acids is 2. The normalized spacial score (nSPS) is 12.5. The van der Waals surface area contributed by atoms with E-state index >= 15 is 0 Å². The van der Waals surface area contributed by atoms with Gasteiger partial charge < -0.3 is 19.5 Å². The summed E-state index contributed by atoms with van der Waals surface area (Å²) >= 11 is 3.41. The van der Waals surface area contributed by atoms with Crippen LogP contribution in [0.5, 0.6) is 17.2 Å². The predicted molar refractivity (Wildman–Crippen MR) is 131 cm³/mol. The van der Waals surface area contributed by atoms with Crippen LogP contribution in [-0.2, 0) is 4.79 Å². The van der Waals surface area contributed by atoms with Gasteiger partial charge in [0, 0.05) is 5.56 Å². The molecule has 0 radical (unpaired) electrons. The Morgan fingerprint density at radius 1 is 1.00 bits per heavy atom. The van der Waals surface area contributed by atoms with Crippen molar-refractivity contribution < 1.29 is 23.8 Å². The molecule has 3 aromatic carbocycles. The van der Waals surface area contributed by atoms with Crippen molar-refractivity contribution in [1.82, 2.24) is 10.7 Å². The summed E-state index contributed by atoms with van der Waals surface area (Å²) in [5.74, 6) is 0.841. The number of rotatable bonds is 7. The fraction of sp³-hybridized carbons (Fsp3) is 0.0800. The molecule has 2 N–H and O–H groups in total. The van der Waals surface area contributed by atoms with Crippen molar-refractivity contribution in [2.75, 3.05) is 13.9 Å². The number of methoxy groups -OCH3 is 1. The Labute approximate surface area is 204 Å². The predicted octanol–water partition coefficient (Wildman–Crippen LogP) is 4.11. The standard InChI is InChI=1S/C25H20BrN3O5/c1-32-21-9-8-17(11-19(21)26)14-27-29-25(31)20(28-24(30)18-5-3-2-4-6-18)12-16-7-10-22-23(13-16)34-15-33-22/h2-14H,15H2,1H3,(H,28,30)(H,29,31)/b20-12+,27-14-. The highest BCUT2D eigenvalue weighted by atomic mass is 79.9. The molecule has 9 heteroatoms. The van der Waals surface area contributed by atoms with E-state index < -0.39 is 11.8 Å². The number of hydrogen-bond acceptors (Lipinski definition) is 6. The SMILES string of the molecule is COc1ccc(/C=N\NC(=O)/C(=C\c2ccc3c(c2)OCO3)NC(=O)c2ccccc2)cc1Br. The summed E-state index contributed by atoms with van der Waals surface area (Å²) in [6.07, 6.45) is 3.02. The number of nitrogens with one attached hydrogen (secondary N) is 2. The van der Waals surface area contributed by atoms with Crippen LogP contribution in [0.15, 0.2) is 82.0 Å². The lowest BCUT2D eigenvalue weighted by molar-refractivity contribution is -0.117. The highest BCUT2D eigenvalue weighted by Gasteiger charge is 2.17. The zero-order valence-corrected chi connectivity index (χ0v) is 19.7. The van der Waals surface area contributed by atoms with E-state index in [-0.39, 0.29) is 12.5 Å². The van der Waals surface area contributed by atoms with Gasteiger partial charge in [-0.2, -0.15) is 5.10 Å². The lowest BCUT2D eigenvalue weighted by atomic mass is 10.1. The highest BCUT2D eigenvalue weighted by Crippen LogP contribution is 2.33. The molecule has 1 heterocycles. The Morgan fingerprint density at radius 2 is 1.76 bits per heavy atom. The molecule has 2 amide bonds. The van der Waals surface area contributed by atoms with Crippen molar-refractivity contribution >= 4 is 40.0 Å².